The number of nitrogens with one attached hydrogen (secondary N) is 1. The van der Waals surface area contributed by atoms with Crippen molar-refractivity contribution in [1.29, 1.82) is 0 Å². The van der Waals surface area contributed by atoms with E-state index >= 15 is 0 Å². The first-order valence-electron chi connectivity index (χ1n) is 8.29. The Morgan fingerprint density at radius 1 is 1.16 bits per heavy atom. The van der Waals surface area contributed by atoms with Gasteiger partial charge in [-0.1, -0.05) is 41.6 Å². The van der Waals surface area contributed by atoms with E-state index in [9.17, 15) is 0 Å². The number of ether oxygens (including phenoxy) is 1. The molecule has 0 bridgehead atoms. The van der Waals surface area contributed by atoms with Gasteiger partial charge in [0, 0.05) is 31.0 Å². The van der Waals surface area contributed by atoms with Gasteiger partial charge >= 0.3 is 0 Å². The van der Waals surface area contributed by atoms with Gasteiger partial charge < -0.3 is 10.1 Å². The van der Waals surface area contributed by atoms with Crippen molar-refractivity contribution in [2.24, 2.45) is 0 Å². The highest BCUT2D eigenvalue weighted by Crippen LogP contribution is 2.17. The van der Waals surface area contributed by atoms with E-state index in [2.05, 4.69) is 53.2 Å². The molecule has 5 heteroatoms. The average molecular weight is 329 g/mol. The maximum Gasteiger partial charge on any atom is 0.139 e. The van der Waals surface area contributed by atoms with Crippen LogP contribution in [0.1, 0.15) is 17.5 Å². The molecule has 0 aliphatic rings. The molecule has 3 rings (SSSR count). The second kappa shape index (κ2) is 8.32. The molecule has 0 radical (unpaired) electrons. The summed E-state index contributed by atoms with van der Waals surface area (Å²) in [4.78, 5) is 8.67. The van der Waals surface area contributed by atoms with Crippen molar-refractivity contribution >= 4 is 30.0 Å². The number of anilines is 1. The Bertz CT molecular complexity index is 931. The van der Waals surface area contributed by atoms with E-state index < -0.39 is 0 Å². The summed E-state index contributed by atoms with van der Waals surface area (Å²) in [6.07, 6.45) is 2.33. The number of nitrogens with zero attached hydrogens (tertiary/aromatic N) is 2. The molecule has 0 fully saturated rings. The molecule has 0 amide bonds. The highest BCUT2D eigenvalue weighted by Gasteiger charge is 2.02. The van der Waals surface area contributed by atoms with Gasteiger partial charge in [-0.25, -0.2) is 9.97 Å². The monoisotopic (exact) mass is 329 g/mol. The lowest BCUT2D eigenvalue weighted by atomic mass is 9.95. The van der Waals surface area contributed by atoms with Gasteiger partial charge in [0.1, 0.15) is 20.0 Å². The van der Waals surface area contributed by atoms with Crippen LogP contribution in [0, 0.1) is 11.8 Å². The minimum atomic E-state index is 0.579. The second-order valence-corrected chi connectivity index (χ2v) is 5.81. The second-order valence-electron chi connectivity index (χ2n) is 5.81. The van der Waals surface area contributed by atoms with Crippen LogP contribution in [-0.2, 0) is 11.3 Å². The van der Waals surface area contributed by atoms with Crippen LogP contribution in [0.2, 0.25) is 0 Å². The van der Waals surface area contributed by atoms with Gasteiger partial charge in [0.15, 0.2) is 0 Å². The standard InChI is InChI=1S/C20H20BN3O/c1-25-13-16-8-3-2-6-15(16)7-4-5-11-22-20-18-10-9-17(21)12-19(18)23-14-24-20/h2-3,6,8-10,12,14H,5,11,13,21H2,1H3,(H,22,23,24). The molecular weight excluding hydrogens is 309 g/mol. The van der Waals surface area contributed by atoms with Crippen LogP contribution in [0.4, 0.5) is 5.82 Å². The van der Waals surface area contributed by atoms with Crippen LogP contribution in [0.3, 0.4) is 0 Å². The van der Waals surface area contributed by atoms with Crippen LogP contribution in [0.15, 0.2) is 48.8 Å². The van der Waals surface area contributed by atoms with Crippen molar-refractivity contribution in [1.82, 2.24) is 9.97 Å². The van der Waals surface area contributed by atoms with Gasteiger partial charge in [-0.2, -0.15) is 0 Å². The fraction of sp³-hybridized carbons (Fsp3) is 0.200. The minimum Gasteiger partial charge on any atom is -0.380 e. The molecule has 25 heavy (non-hydrogen) atoms. The van der Waals surface area contributed by atoms with Gasteiger partial charge in [-0.3, -0.25) is 0 Å². The van der Waals surface area contributed by atoms with Crippen LogP contribution >= 0.6 is 0 Å². The maximum absolute atomic E-state index is 5.21. The highest BCUT2D eigenvalue weighted by molar-refractivity contribution is 6.33. The Morgan fingerprint density at radius 3 is 2.92 bits per heavy atom. The maximum atomic E-state index is 5.21. The molecule has 0 atom stereocenters. The summed E-state index contributed by atoms with van der Waals surface area (Å²) in [5.41, 5.74) is 4.28. The summed E-state index contributed by atoms with van der Waals surface area (Å²) in [7, 11) is 3.76. The summed E-state index contributed by atoms with van der Waals surface area (Å²) in [5.74, 6) is 7.30. The number of methoxy groups -OCH3 is 1. The Labute approximate surface area is 149 Å². The fourth-order valence-electron chi connectivity index (χ4n) is 2.63. The lowest BCUT2D eigenvalue weighted by Crippen LogP contribution is -2.06. The quantitative estimate of drug-likeness (QED) is 0.441. The van der Waals surface area contributed by atoms with Gasteiger partial charge in [0.25, 0.3) is 0 Å². The third-order valence-electron chi connectivity index (χ3n) is 3.87. The molecule has 0 saturated carbocycles. The third-order valence-corrected chi connectivity index (χ3v) is 3.87. The lowest BCUT2D eigenvalue weighted by Gasteiger charge is -2.07. The van der Waals surface area contributed by atoms with Crippen molar-refractivity contribution in [3.8, 4) is 11.8 Å². The molecule has 0 aliphatic carbocycles. The van der Waals surface area contributed by atoms with Crippen molar-refractivity contribution in [2.75, 3.05) is 19.0 Å². The number of hydrogen-bond acceptors (Lipinski definition) is 4. The predicted molar refractivity (Wildman–Crippen MR) is 105 cm³/mol. The molecule has 2 aromatic carbocycles. The van der Waals surface area contributed by atoms with Gasteiger partial charge in [-0.15, -0.1) is 0 Å². The number of rotatable bonds is 5. The zero-order chi connectivity index (χ0) is 17.5. The topological polar surface area (TPSA) is 47.0 Å². The normalized spacial score (nSPS) is 10.3. The van der Waals surface area contributed by atoms with Crippen LogP contribution < -0.4 is 10.8 Å². The molecular formula is C20H20BN3O. The number of aromatic nitrogens is 2. The van der Waals surface area contributed by atoms with E-state index in [0.717, 1.165) is 40.8 Å². The molecule has 0 spiro atoms. The van der Waals surface area contributed by atoms with Gasteiger partial charge in [0.2, 0.25) is 0 Å². The molecule has 0 saturated heterocycles. The van der Waals surface area contributed by atoms with Gasteiger partial charge in [0.05, 0.1) is 12.1 Å². The molecule has 1 N–H and O–H groups in total. The first-order chi connectivity index (χ1) is 12.3. The zero-order valence-electron chi connectivity index (χ0n) is 14.5. The van der Waals surface area contributed by atoms with Crippen LogP contribution in [0.5, 0.6) is 0 Å². The Morgan fingerprint density at radius 2 is 2.04 bits per heavy atom. The van der Waals surface area contributed by atoms with E-state index in [1.165, 1.54) is 5.46 Å². The summed E-state index contributed by atoms with van der Waals surface area (Å²) in [5, 5.41) is 4.39. The van der Waals surface area contributed by atoms with E-state index in [4.69, 9.17) is 4.74 Å². The molecule has 4 nitrogen and oxygen atoms in total. The largest absolute Gasteiger partial charge is 0.380 e. The van der Waals surface area contributed by atoms with Crippen molar-refractivity contribution in [2.45, 2.75) is 13.0 Å². The van der Waals surface area contributed by atoms with Crippen LogP contribution in [-0.4, -0.2) is 31.5 Å². The molecule has 1 aromatic heterocycles. The number of benzene rings is 2. The zero-order valence-corrected chi connectivity index (χ0v) is 14.5. The molecule has 124 valence electrons. The lowest BCUT2D eigenvalue weighted by molar-refractivity contribution is 0.184. The van der Waals surface area contributed by atoms with Crippen molar-refractivity contribution < 1.29 is 4.74 Å². The smallest absolute Gasteiger partial charge is 0.139 e. The minimum absolute atomic E-state index is 0.579. The molecule has 1 heterocycles. The summed E-state index contributed by atoms with van der Waals surface area (Å²) in [6, 6.07) is 14.3. The summed E-state index contributed by atoms with van der Waals surface area (Å²) < 4.78 is 5.21. The highest BCUT2D eigenvalue weighted by atomic mass is 16.5. The van der Waals surface area contributed by atoms with E-state index in [1.807, 2.05) is 24.3 Å². The molecule has 0 aliphatic heterocycles. The summed E-state index contributed by atoms with van der Waals surface area (Å²) >= 11 is 0. The first-order valence-corrected chi connectivity index (χ1v) is 8.29. The molecule has 0 unspecified atom stereocenters. The molecule has 3 aromatic rings. The van der Waals surface area contributed by atoms with Crippen molar-refractivity contribution in [3.63, 3.8) is 0 Å². The summed E-state index contributed by atoms with van der Waals surface area (Å²) in [6.45, 7) is 1.31. The third kappa shape index (κ3) is 4.37. The van der Waals surface area contributed by atoms with Crippen LogP contribution in [0.25, 0.3) is 10.9 Å². The van der Waals surface area contributed by atoms with E-state index in [0.29, 0.717) is 6.61 Å². The number of fused-ring (bicyclic) bond motifs is 1. The first kappa shape index (κ1) is 17.0. The SMILES string of the molecule is Bc1ccc2c(NCCC#Cc3ccccc3COC)ncnc2c1. The fourth-order valence-corrected chi connectivity index (χ4v) is 2.63. The average Bonchev–Trinajstić information content (AvgIpc) is 2.63. The number of hydrogen-bond donors (Lipinski definition) is 1. The van der Waals surface area contributed by atoms with Gasteiger partial charge in [-0.05, 0) is 23.8 Å². The van der Waals surface area contributed by atoms with E-state index in [-0.39, 0.29) is 0 Å². The predicted octanol–water partition coefficient (Wildman–Crippen LogP) is 1.89. The Kier molecular flexibility index (Phi) is 5.66. The Hall–Kier alpha value is -2.84. The Balaban J connectivity index is 1.63. The van der Waals surface area contributed by atoms with Crippen molar-refractivity contribution in [3.05, 3.63) is 59.9 Å². The van der Waals surface area contributed by atoms with E-state index in [1.54, 1.807) is 13.4 Å².